The zero-order valence-corrected chi connectivity index (χ0v) is 18.6. The van der Waals surface area contributed by atoms with Crippen LogP contribution in [0.5, 0.6) is 5.75 Å². The highest BCUT2D eigenvalue weighted by Crippen LogP contribution is 2.36. The molecule has 2 saturated heterocycles. The van der Waals surface area contributed by atoms with E-state index in [0.717, 1.165) is 5.56 Å². The maximum atomic E-state index is 14.1. The summed E-state index contributed by atoms with van der Waals surface area (Å²) in [7, 11) is 2.88. The van der Waals surface area contributed by atoms with Crippen LogP contribution >= 0.6 is 11.6 Å². The Hall–Kier alpha value is -2.39. The van der Waals surface area contributed by atoms with Gasteiger partial charge in [0, 0.05) is 26.1 Å². The monoisotopic (exact) mass is 455 g/mol. The zero-order valence-electron chi connectivity index (χ0n) is 17.8. The second-order valence-corrected chi connectivity index (χ2v) is 8.53. The fourth-order valence-corrected chi connectivity index (χ4v) is 4.59. The quantitative estimate of drug-likeness (QED) is 0.615. The number of nitrogens with zero attached hydrogens (tertiary/aromatic N) is 1. The first kappa shape index (κ1) is 23.3. The Balaban J connectivity index is 1.63. The van der Waals surface area contributed by atoms with Crippen LogP contribution in [0.25, 0.3) is 0 Å². The fourth-order valence-electron chi connectivity index (χ4n) is 4.40. The molecule has 0 aliphatic carbocycles. The van der Waals surface area contributed by atoms with E-state index in [0.29, 0.717) is 31.7 Å². The van der Waals surface area contributed by atoms with Crippen LogP contribution in [0, 0.1) is 11.7 Å². The van der Waals surface area contributed by atoms with Gasteiger partial charge in [-0.05, 0) is 42.9 Å². The molecule has 1 unspecified atom stereocenters. The van der Waals surface area contributed by atoms with Gasteiger partial charge in [-0.3, -0.25) is 14.9 Å². The molecule has 3 rings (SSSR count). The standard InChI is InChI=1S/C21H27ClFN3O5/c1-12(10-21(11-30-2)19(28)24-20(29)25-21)18(27)26-6-4-13(5-7-26)14-8-15(23)17(22)16(9-14)31-3/h8-9,12-13H,4-7,10-11H2,1-3H3,(H2,24,25,28,29)/t12?,21-/m0/s1. The third-order valence-corrected chi connectivity index (χ3v) is 6.36. The number of benzene rings is 1. The largest absolute Gasteiger partial charge is 0.495 e. The average Bonchev–Trinajstić information content (AvgIpc) is 3.02. The molecule has 4 amide bonds. The summed E-state index contributed by atoms with van der Waals surface area (Å²) in [6.45, 7) is 2.74. The van der Waals surface area contributed by atoms with Crippen LogP contribution in [0.3, 0.4) is 0 Å². The summed E-state index contributed by atoms with van der Waals surface area (Å²) in [6.07, 6.45) is 1.48. The number of hydrogen-bond donors (Lipinski definition) is 2. The summed E-state index contributed by atoms with van der Waals surface area (Å²) in [4.78, 5) is 38.7. The zero-order chi connectivity index (χ0) is 22.8. The van der Waals surface area contributed by atoms with Crippen molar-refractivity contribution in [2.45, 2.75) is 37.6 Å². The third-order valence-electron chi connectivity index (χ3n) is 6.00. The van der Waals surface area contributed by atoms with Crippen molar-refractivity contribution in [2.24, 2.45) is 5.92 Å². The van der Waals surface area contributed by atoms with Crippen LogP contribution in [-0.4, -0.2) is 62.2 Å². The normalized spacial score (nSPS) is 22.8. The molecule has 0 radical (unpaired) electrons. The van der Waals surface area contributed by atoms with E-state index in [2.05, 4.69) is 10.6 Å². The van der Waals surface area contributed by atoms with E-state index >= 15 is 0 Å². The minimum atomic E-state index is -1.25. The summed E-state index contributed by atoms with van der Waals surface area (Å²) in [6, 6.07) is 2.57. The Morgan fingerprint density at radius 1 is 1.32 bits per heavy atom. The van der Waals surface area contributed by atoms with Gasteiger partial charge in [0.1, 0.15) is 22.1 Å². The smallest absolute Gasteiger partial charge is 0.322 e. The number of methoxy groups -OCH3 is 2. The van der Waals surface area contributed by atoms with Gasteiger partial charge in [0.2, 0.25) is 5.91 Å². The Morgan fingerprint density at radius 2 is 2.00 bits per heavy atom. The molecule has 8 nitrogen and oxygen atoms in total. The first-order valence-electron chi connectivity index (χ1n) is 10.1. The molecule has 0 bridgehead atoms. The molecule has 1 aromatic rings. The van der Waals surface area contributed by atoms with E-state index in [1.54, 1.807) is 17.9 Å². The molecule has 2 N–H and O–H groups in total. The predicted octanol–water partition coefficient (Wildman–Crippen LogP) is 2.44. The summed E-state index contributed by atoms with van der Waals surface area (Å²) in [5.74, 6) is -1.23. The molecule has 0 spiro atoms. The van der Waals surface area contributed by atoms with Crippen molar-refractivity contribution in [3.05, 3.63) is 28.5 Å². The molecular formula is C21H27ClFN3O5. The van der Waals surface area contributed by atoms with Crippen molar-refractivity contribution in [1.82, 2.24) is 15.5 Å². The lowest BCUT2D eigenvalue weighted by atomic mass is 9.86. The first-order valence-corrected chi connectivity index (χ1v) is 10.5. The topological polar surface area (TPSA) is 97.0 Å². The summed E-state index contributed by atoms with van der Waals surface area (Å²) in [5, 5.41) is 4.78. The van der Waals surface area contributed by atoms with Gasteiger partial charge in [-0.25, -0.2) is 9.18 Å². The number of ether oxygens (including phenoxy) is 2. The van der Waals surface area contributed by atoms with Gasteiger partial charge in [0.25, 0.3) is 5.91 Å². The van der Waals surface area contributed by atoms with E-state index in [9.17, 15) is 18.8 Å². The van der Waals surface area contributed by atoms with Crippen molar-refractivity contribution in [2.75, 3.05) is 33.9 Å². The second kappa shape index (κ2) is 9.40. The Morgan fingerprint density at radius 3 is 2.55 bits per heavy atom. The first-order chi connectivity index (χ1) is 14.7. The predicted molar refractivity (Wildman–Crippen MR) is 112 cm³/mol. The second-order valence-electron chi connectivity index (χ2n) is 8.15. The highest BCUT2D eigenvalue weighted by atomic mass is 35.5. The number of nitrogens with one attached hydrogen (secondary N) is 2. The lowest BCUT2D eigenvalue weighted by Gasteiger charge is -2.35. The van der Waals surface area contributed by atoms with Crippen molar-refractivity contribution in [1.29, 1.82) is 0 Å². The van der Waals surface area contributed by atoms with Gasteiger partial charge in [-0.2, -0.15) is 0 Å². The number of piperidine rings is 1. The molecule has 2 aliphatic rings. The summed E-state index contributed by atoms with van der Waals surface area (Å²) in [5.41, 5.74) is -0.459. The SMILES string of the molecule is COC[C@]1(CC(C)C(=O)N2CCC(c3cc(F)c(Cl)c(OC)c3)CC2)NC(=O)NC1=O. The molecule has 0 aromatic heterocycles. The number of hydrogen-bond acceptors (Lipinski definition) is 5. The molecule has 170 valence electrons. The number of rotatable bonds is 7. The van der Waals surface area contributed by atoms with Gasteiger partial charge >= 0.3 is 6.03 Å². The van der Waals surface area contributed by atoms with Crippen LogP contribution in [0.4, 0.5) is 9.18 Å². The molecule has 2 heterocycles. The lowest BCUT2D eigenvalue weighted by molar-refractivity contribution is -0.138. The van der Waals surface area contributed by atoms with Gasteiger partial charge in [0.05, 0.1) is 13.7 Å². The van der Waals surface area contributed by atoms with Crippen molar-refractivity contribution < 1.29 is 28.2 Å². The molecular weight excluding hydrogens is 429 g/mol. The molecule has 2 aliphatic heterocycles. The minimum absolute atomic E-state index is 0.0196. The average molecular weight is 456 g/mol. The van der Waals surface area contributed by atoms with E-state index in [1.807, 2.05) is 0 Å². The minimum Gasteiger partial charge on any atom is -0.495 e. The van der Waals surface area contributed by atoms with Crippen molar-refractivity contribution in [3.63, 3.8) is 0 Å². The number of amides is 4. The van der Waals surface area contributed by atoms with Gasteiger partial charge < -0.3 is 19.7 Å². The summed E-state index contributed by atoms with van der Waals surface area (Å²) >= 11 is 5.91. The Labute approximate surface area is 185 Å². The highest BCUT2D eigenvalue weighted by molar-refractivity contribution is 6.32. The van der Waals surface area contributed by atoms with Crippen LogP contribution in [0.2, 0.25) is 5.02 Å². The van der Waals surface area contributed by atoms with Crippen molar-refractivity contribution in [3.8, 4) is 5.75 Å². The van der Waals surface area contributed by atoms with Gasteiger partial charge in [-0.15, -0.1) is 0 Å². The number of urea groups is 1. The third kappa shape index (κ3) is 4.77. The van der Waals surface area contributed by atoms with Crippen molar-refractivity contribution >= 4 is 29.4 Å². The molecule has 31 heavy (non-hydrogen) atoms. The Kier molecular flexibility index (Phi) is 7.06. The molecule has 1 aromatic carbocycles. The number of likely N-dealkylation sites (tertiary alicyclic amines) is 1. The number of imide groups is 1. The van der Waals surface area contributed by atoms with Crippen LogP contribution in [0.1, 0.15) is 37.7 Å². The maximum Gasteiger partial charge on any atom is 0.322 e. The molecule has 2 atom stereocenters. The lowest BCUT2D eigenvalue weighted by Crippen LogP contribution is -2.53. The maximum absolute atomic E-state index is 14.1. The number of carbonyl (C=O) groups excluding carboxylic acids is 3. The van der Waals surface area contributed by atoms with E-state index < -0.39 is 29.2 Å². The van der Waals surface area contributed by atoms with Crippen LogP contribution < -0.4 is 15.4 Å². The molecule has 2 fully saturated rings. The van der Waals surface area contributed by atoms with Gasteiger partial charge in [0.15, 0.2) is 0 Å². The van der Waals surface area contributed by atoms with Crippen LogP contribution in [0.15, 0.2) is 12.1 Å². The van der Waals surface area contributed by atoms with E-state index in [4.69, 9.17) is 21.1 Å². The van der Waals surface area contributed by atoms with Gasteiger partial charge in [-0.1, -0.05) is 18.5 Å². The van der Waals surface area contributed by atoms with E-state index in [1.165, 1.54) is 20.3 Å². The molecule has 0 saturated carbocycles. The highest BCUT2D eigenvalue weighted by Gasteiger charge is 2.48. The summed E-state index contributed by atoms with van der Waals surface area (Å²) < 4.78 is 24.4. The number of halogens is 2. The van der Waals surface area contributed by atoms with E-state index in [-0.39, 0.29) is 29.9 Å². The number of carbonyl (C=O) groups is 3. The fraction of sp³-hybridized carbons (Fsp3) is 0.571. The molecule has 10 heteroatoms. The van der Waals surface area contributed by atoms with Crippen LogP contribution in [-0.2, 0) is 14.3 Å². The Bertz CT molecular complexity index is 875.